The number of hydrogen-bond donors (Lipinski definition) is 1. The Morgan fingerprint density at radius 1 is 1.24 bits per heavy atom. The van der Waals surface area contributed by atoms with Gasteiger partial charge in [-0.3, -0.25) is 8.74 Å². The molecule has 0 radical (unpaired) electrons. The lowest BCUT2D eigenvalue weighted by molar-refractivity contribution is -0.698. The van der Waals surface area contributed by atoms with E-state index >= 15 is 0 Å². The summed E-state index contributed by atoms with van der Waals surface area (Å²) in [5.74, 6) is 0.794. The second-order valence-corrected chi connectivity index (χ2v) is 5.08. The van der Waals surface area contributed by atoms with Gasteiger partial charge in [-0.05, 0) is 5.92 Å². The summed E-state index contributed by atoms with van der Waals surface area (Å²) in [4.78, 5) is 0. The van der Waals surface area contributed by atoms with Crippen LogP contribution in [0.5, 0.6) is 0 Å². The average Bonchev–Trinajstić information content (AvgIpc) is 2.28. The minimum absolute atomic E-state index is 0.794. The van der Waals surface area contributed by atoms with Crippen molar-refractivity contribution in [1.29, 1.82) is 0 Å². The maximum Gasteiger partial charge on any atom is 0.397 e. The SMILES string of the molecule is CC(C)CC[n+]1ccccc1.COS(=O)(=O)O. The van der Waals surface area contributed by atoms with Gasteiger partial charge >= 0.3 is 10.4 Å². The van der Waals surface area contributed by atoms with Crippen molar-refractivity contribution in [2.75, 3.05) is 7.11 Å². The second kappa shape index (κ2) is 8.16. The summed E-state index contributed by atoms with van der Waals surface area (Å²) in [6.07, 6.45) is 5.49. The minimum atomic E-state index is -4.16. The highest BCUT2D eigenvalue weighted by Gasteiger charge is 1.99. The van der Waals surface area contributed by atoms with Crippen molar-refractivity contribution in [2.24, 2.45) is 5.92 Å². The number of nitrogens with zero attached hydrogens (tertiary/aromatic N) is 1. The van der Waals surface area contributed by atoms with Crippen LogP contribution in [0.2, 0.25) is 0 Å². The molecule has 0 unspecified atom stereocenters. The van der Waals surface area contributed by atoms with E-state index in [4.69, 9.17) is 4.55 Å². The normalized spacial score (nSPS) is 10.9. The van der Waals surface area contributed by atoms with Crippen LogP contribution in [0.3, 0.4) is 0 Å². The van der Waals surface area contributed by atoms with E-state index in [2.05, 4.69) is 47.1 Å². The van der Waals surface area contributed by atoms with E-state index in [-0.39, 0.29) is 0 Å². The van der Waals surface area contributed by atoms with E-state index < -0.39 is 10.4 Å². The molecule has 98 valence electrons. The van der Waals surface area contributed by atoms with Gasteiger partial charge in [-0.25, -0.2) is 4.57 Å². The Morgan fingerprint density at radius 2 is 1.71 bits per heavy atom. The molecule has 17 heavy (non-hydrogen) atoms. The van der Waals surface area contributed by atoms with Gasteiger partial charge in [0.05, 0.1) is 7.11 Å². The third-order valence-electron chi connectivity index (χ3n) is 1.95. The molecule has 0 aliphatic heterocycles. The predicted molar refractivity (Wildman–Crippen MR) is 64.6 cm³/mol. The standard InChI is InChI=1S/C10H16N.CH4O4S/c1-10(2)6-9-11-7-4-3-5-8-11;1-5-6(2,3)4/h3-5,7-8,10H,6,9H2,1-2H3;1H3,(H,2,3,4)/q+1;. The van der Waals surface area contributed by atoms with E-state index in [0.717, 1.165) is 19.6 Å². The number of hydrogen-bond acceptors (Lipinski definition) is 3. The van der Waals surface area contributed by atoms with Gasteiger partial charge in [-0.2, -0.15) is 8.42 Å². The third kappa shape index (κ3) is 11.3. The van der Waals surface area contributed by atoms with Crippen molar-refractivity contribution in [3.05, 3.63) is 30.6 Å². The summed E-state index contributed by atoms with van der Waals surface area (Å²) in [5, 5.41) is 0. The van der Waals surface area contributed by atoms with Gasteiger partial charge in [0.25, 0.3) is 0 Å². The molecule has 0 aliphatic carbocycles. The molecule has 1 rings (SSSR count). The largest absolute Gasteiger partial charge is 0.397 e. The maximum absolute atomic E-state index is 9.33. The van der Waals surface area contributed by atoms with Gasteiger partial charge in [-0.15, -0.1) is 0 Å². The zero-order valence-electron chi connectivity index (χ0n) is 10.4. The molecule has 0 bridgehead atoms. The first-order chi connectivity index (χ1) is 7.85. The Morgan fingerprint density at radius 3 is 2.06 bits per heavy atom. The monoisotopic (exact) mass is 262 g/mol. The molecule has 0 saturated heterocycles. The number of aryl methyl sites for hydroxylation is 1. The number of pyridine rings is 1. The van der Waals surface area contributed by atoms with Crippen molar-refractivity contribution >= 4 is 10.4 Å². The molecule has 1 N–H and O–H groups in total. The molecule has 0 atom stereocenters. The van der Waals surface area contributed by atoms with Crippen LogP contribution in [-0.2, 0) is 21.1 Å². The Hall–Kier alpha value is -0.980. The molecule has 0 amide bonds. The zero-order chi connectivity index (χ0) is 13.3. The van der Waals surface area contributed by atoms with Crippen molar-refractivity contribution in [3.63, 3.8) is 0 Å². The van der Waals surface area contributed by atoms with Crippen LogP contribution >= 0.6 is 0 Å². The Balaban J connectivity index is 0.000000366. The molecule has 0 spiro atoms. The van der Waals surface area contributed by atoms with E-state index in [1.165, 1.54) is 6.42 Å². The second-order valence-electron chi connectivity index (χ2n) is 3.89. The Bertz CT molecular complexity index is 389. The maximum atomic E-state index is 9.33. The van der Waals surface area contributed by atoms with Crippen molar-refractivity contribution in [3.8, 4) is 0 Å². The van der Waals surface area contributed by atoms with Gasteiger partial charge in [0.1, 0.15) is 6.54 Å². The average molecular weight is 262 g/mol. The molecule has 6 heteroatoms. The fourth-order valence-corrected chi connectivity index (χ4v) is 0.991. The summed E-state index contributed by atoms with van der Waals surface area (Å²) in [7, 11) is -3.29. The summed E-state index contributed by atoms with van der Waals surface area (Å²) < 4.78 is 31.9. The van der Waals surface area contributed by atoms with E-state index in [1.807, 2.05) is 6.07 Å². The molecule has 0 fully saturated rings. The molecule has 0 aromatic carbocycles. The van der Waals surface area contributed by atoms with Crippen LogP contribution in [0.1, 0.15) is 20.3 Å². The molecular weight excluding hydrogens is 242 g/mol. The first-order valence-corrected chi connectivity index (χ1v) is 6.68. The van der Waals surface area contributed by atoms with E-state index in [0.29, 0.717) is 0 Å². The highest BCUT2D eigenvalue weighted by Crippen LogP contribution is 1.97. The fraction of sp³-hybridized carbons (Fsp3) is 0.545. The van der Waals surface area contributed by atoms with Crippen LogP contribution in [0, 0.1) is 5.92 Å². The zero-order valence-corrected chi connectivity index (χ0v) is 11.2. The van der Waals surface area contributed by atoms with Gasteiger partial charge in [-0.1, -0.05) is 19.9 Å². The van der Waals surface area contributed by atoms with Gasteiger partial charge in [0.15, 0.2) is 12.4 Å². The predicted octanol–water partition coefficient (Wildman–Crippen LogP) is 1.46. The quantitative estimate of drug-likeness (QED) is 0.659. The third-order valence-corrected chi connectivity index (χ3v) is 2.37. The molecule has 1 aromatic rings. The Kier molecular flexibility index (Phi) is 7.69. The Labute approximate surface area is 103 Å². The molecule has 0 saturated carbocycles. The van der Waals surface area contributed by atoms with Crippen molar-refractivity contribution in [2.45, 2.75) is 26.8 Å². The first kappa shape index (κ1) is 16.0. The topological polar surface area (TPSA) is 67.5 Å². The van der Waals surface area contributed by atoms with Crippen molar-refractivity contribution < 1.29 is 21.7 Å². The fourth-order valence-electron chi connectivity index (χ4n) is 0.991. The van der Waals surface area contributed by atoms with Gasteiger partial charge in [0.2, 0.25) is 0 Å². The smallest absolute Gasteiger partial charge is 0.264 e. The highest BCUT2D eigenvalue weighted by molar-refractivity contribution is 7.80. The van der Waals surface area contributed by atoms with Crippen LogP contribution in [0.15, 0.2) is 30.6 Å². The van der Waals surface area contributed by atoms with Gasteiger partial charge < -0.3 is 0 Å². The molecule has 5 nitrogen and oxygen atoms in total. The highest BCUT2D eigenvalue weighted by atomic mass is 32.3. The van der Waals surface area contributed by atoms with Crippen LogP contribution in [0.4, 0.5) is 0 Å². The lowest BCUT2D eigenvalue weighted by atomic mass is 10.1. The van der Waals surface area contributed by atoms with Crippen LogP contribution in [0.25, 0.3) is 0 Å². The summed E-state index contributed by atoms with van der Waals surface area (Å²) in [6.45, 7) is 5.64. The molecular formula is C11H20NO4S+. The molecule has 0 aliphatic rings. The van der Waals surface area contributed by atoms with Gasteiger partial charge in [0, 0.05) is 18.6 Å². The summed E-state index contributed by atoms with van der Waals surface area (Å²) in [5.41, 5.74) is 0. The van der Waals surface area contributed by atoms with Crippen LogP contribution < -0.4 is 4.57 Å². The van der Waals surface area contributed by atoms with Crippen molar-refractivity contribution in [1.82, 2.24) is 0 Å². The first-order valence-electron chi connectivity index (χ1n) is 5.32. The number of aromatic nitrogens is 1. The molecule has 1 aromatic heterocycles. The summed E-state index contributed by atoms with van der Waals surface area (Å²) >= 11 is 0. The van der Waals surface area contributed by atoms with E-state index in [9.17, 15) is 8.42 Å². The minimum Gasteiger partial charge on any atom is -0.264 e. The van der Waals surface area contributed by atoms with Crippen LogP contribution in [-0.4, -0.2) is 20.1 Å². The lowest BCUT2D eigenvalue weighted by Gasteiger charge is -1.99. The lowest BCUT2D eigenvalue weighted by Crippen LogP contribution is -2.32. The molecule has 1 heterocycles. The van der Waals surface area contributed by atoms with E-state index in [1.54, 1.807) is 0 Å². The summed E-state index contributed by atoms with van der Waals surface area (Å²) in [6, 6.07) is 6.19. The number of rotatable bonds is 4.